The van der Waals surface area contributed by atoms with Gasteiger partial charge < -0.3 is 19.7 Å². The number of aliphatic hydroxyl groups is 1. The van der Waals surface area contributed by atoms with Gasteiger partial charge >= 0.3 is 5.97 Å². The summed E-state index contributed by atoms with van der Waals surface area (Å²) in [4.78, 5) is 18.8. The smallest absolute Gasteiger partial charge is 0.308 e. The first kappa shape index (κ1) is 27.3. The Morgan fingerprint density at radius 3 is 2.62 bits per heavy atom. The fourth-order valence-electron chi connectivity index (χ4n) is 6.33. The van der Waals surface area contributed by atoms with Crippen molar-refractivity contribution in [2.45, 2.75) is 50.2 Å². The summed E-state index contributed by atoms with van der Waals surface area (Å²) in [6.45, 7) is 1.14. The van der Waals surface area contributed by atoms with Crippen molar-refractivity contribution in [2.75, 3.05) is 27.3 Å². The van der Waals surface area contributed by atoms with Gasteiger partial charge in [0.15, 0.2) is 11.6 Å². The third kappa shape index (κ3) is 5.43. The maximum atomic E-state index is 14.5. The van der Waals surface area contributed by atoms with Crippen LogP contribution in [-0.2, 0) is 4.79 Å². The molecule has 1 aliphatic heterocycles. The molecule has 3 aromatic rings. The van der Waals surface area contributed by atoms with E-state index in [1.807, 2.05) is 18.2 Å². The largest absolute Gasteiger partial charge is 0.497 e. The number of halogens is 2. The van der Waals surface area contributed by atoms with Crippen LogP contribution in [0.1, 0.15) is 55.3 Å². The molecule has 5 rings (SSSR count). The number of fused-ring (bicyclic) bond motifs is 1. The third-order valence-electron chi connectivity index (χ3n) is 8.59. The van der Waals surface area contributed by atoms with Crippen LogP contribution < -0.4 is 9.47 Å². The fraction of sp³-hybridized carbons (Fsp3) is 0.467. The van der Waals surface area contributed by atoms with Crippen molar-refractivity contribution in [3.05, 3.63) is 65.4 Å². The quantitative estimate of drug-likeness (QED) is 0.380. The highest BCUT2D eigenvalue weighted by molar-refractivity contribution is 5.83. The average Bonchev–Trinajstić information content (AvgIpc) is 2.92. The first-order valence-corrected chi connectivity index (χ1v) is 13.4. The Bertz CT molecular complexity index is 1350. The van der Waals surface area contributed by atoms with Gasteiger partial charge in [0.1, 0.15) is 11.6 Å². The summed E-state index contributed by atoms with van der Waals surface area (Å²) >= 11 is 0. The van der Waals surface area contributed by atoms with Crippen LogP contribution in [0.5, 0.6) is 11.5 Å². The molecule has 1 saturated carbocycles. The zero-order chi connectivity index (χ0) is 27.7. The predicted octanol–water partition coefficient (Wildman–Crippen LogP) is 5.31. The van der Waals surface area contributed by atoms with Crippen LogP contribution >= 0.6 is 0 Å². The molecule has 208 valence electrons. The number of aliphatic carboxylic acids is 1. The molecular weight excluding hydrogens is 506 g/mol. The Hall–Kier alpha value is -3.30. The van der Waals surface area contributed by atoms with Crippen molar-refractivity contribution in [1.82, 2.24) is 9.88 Å². The van der Waals surface area contributed by atoms with Gasteiger partial charge in [-0.2, -0.15) is 0 Å². The van der Waals surface area contributed by atoms with Gasteiger partial charge in [0.2, 0.25) is 0 Å². The Morgan fingerprint density at radius 1 is 1.13 bits per heavy atom. The van der Waals surface area contributed by atoms with Crippen molar-refractivity contribution in [2.24, 2.45) is 11.8 Å². The number of rotatable bonds is 9. The normalized spacial score (nSPS) is 24.2. The number of hydrogen-bond donors (Lipinski definition) is 2. The van der Waals surface area contributed by atoms with Gasteiger partial charge in [-0.05, 0) is 92.4 Å². The Balaban J connectivity index is 1.21. The first-order chi connectivity index (χ1) is 18.8. The lowest BCUT2D eigenvalue weighted by Gasteiger charge is -2.47. The number of hydrogen-bond acceptors (Lipinski definition) is 6. The molecule has 9 heteroatoms. The lowest BCUT2D eigenvalue weighted by atomic mass is 9.72. The maximum Gasteiger partial charge on any atom is 0.308 e. The van der Waals surface area contributed by atoms with Gasteiger partial charge in [-0.15, -0.1) is 0 Å². The minimum atomic E-state index is -0.841. The number of pyridine rings is 1. The summed E-state index contributed by atoms with van der Waals surface area (Å²) in [6.07, 6.45) is 3.90. The van der Waals surface area contributed by atoms with Gasteiger partial charge in [-0.1, -0.05) is 0 Å². The number of likely N-dealkylation sites (tertiary alicyclic amines) is 1. The number of piperidine rings is 1. The van der Waals surface area contributed by atoms with E-state index in [1.54, 1.807) is 19.4 Å². The molecule has 1 aromatic heterocycles. The topological polar surface area (TPSA) is 92.1 Å². The first-order valence-electron chi connectivity index (χ1n) is 13.4. The number of aromatic nitrogens is 1. The zero-order valence-electron chi connectivity index (χ0n) is 22.1. The third-order valence-corrected chi connectivity index (χ3v) is 8.59. The van der Waals surface area contributed by atoms with Crippen LogP contribution in [0.3, 0.4) is 0 Å². The molecule has 1 aliphatic carbocycles. The van der Waals surface area contributed by atoms with Gasteiger partial charge in [0.05, 0.1) is 31.8 Å². The van der Waals surface area contributed by atoms with Crippen LogP contribution in [0, 0.1) is 23.5 Å². The van der Waals surface area contributed by atoms with Crippen LogP contribution in [-0.4, -0.2) is 59.4 Å². The molecule has 0 spiro atoms. The van der Waals surface area contributed by atoms with E-state index in [9.17, 15) is 23.8 Å². The molecule has 2 N–H and O–H groups in total. The second-order valence-electron chi connectivity index (χ2n) is 10.7. The second kappa shape index (κ2) is 11.4. The summed E-state index contributed by atoms with van der Waals surface area (Å²) in [5, 5.41) is 21.9. The Morgan fingerprint density at radius 2 is 1.90 bits per heavy atom. The summed E-state index contributed by atoms with van der Waals surface area (Å²) in [7, 11) is 2.93. The summed E-state index contributed by atoms with van der Waals surface area (Å²) in [5.74, 6) is -2.04. The molecule has 0 radical (unpaired) electrons. The van der Waals surface area contributed by atoms with Gasteiger partial charge in [-0.25, -0.2) is 8.78 Å². The zero-order valence-corrected chi connectivity index (χ0v) is 22.1. The standard InChI is InChI=1S/C30H34F2N2O5/c1-38-20-4-7-26-22(15-20)21(9-11-33-26)27(35)8-3-17-10-12-34(16-23(17)30(36)37)19-13-18(14-19)28-24(31)5-6-25(32)29(28)39-2/h4-7,9,11,15,17-19,23,27,35H,3,8,10,12-14,16H2,1-2H3,(H,36,37)/t17-,18?,19?,23+,27+/m1/s1. The van der Waals surface area contributed by atoms with E-state index < -0.39 is 29.6 Å². The highest BCUT2D eigenvalue weighted by Crippen LogP contribution is 2.46. The van der Waals surface area contributed by atoms with E-state index >= 15 is 0 Å². The molecule has 7 nitrogen and oxygen atoms in total. The summed E-state index contributed by atoms with van der Waals surface area (Å²) in [5.41, 5.74) is 1.79. The molecule has 0 bridgehead atoms. The lowest BCUT2D eigenvalue weighted by Crippen LogP contribution is -2.52. The van der Waals surface area contributed by atoms with Gasteiger partial charge in [-0.3, -0.25) is 14.7 Å². The SMILES string of the molecule is COc1ccc2nccc([C@@H](O)CC[C@@H]3CCN(C4CC(c5c(F)ccc(F)c5OC)C4)C[C@@H]3C(=O)O)c2c1. The molecule has 2 fully saturated rings. The van der Waals surface area contributed by atoms with E-state index in [0.717, 1.165) is 35.1 Å². The van der Waals surface area contributed by atoms with E-state index in [1.165, 1.54) is 7.11 Å². The van der Waals surface area contributed by atoms with Crippen molar-refractivity contribution >= 4 is 16.9 Å². The molecule has 2 aliphatic rings. The highest BCUT2D eigenvalue weighted by Gasteiger charge is 2.42. The van der Waals surface area contributed by atoms with Crippen LogP contribution in [0.15, 0.2) is 42.6 Å². The van der Waals surface area contributed by atoms with E-state index in [0.29, 0.717) is 44.4 Å². The van der Waals surface area contributed by atoms with E-state index in [-0.39, 0.29) is 29.2 Å². The van der Waals surface area contributed by atoms with Crippen LogP contribution in [0.25, 0.3) is 10.9 Å². The molecule has 2 aromatic carbocycles. The summed E-state index contributed by atoms with van der Waals surface area (Å²) in [6, 6.07) is 9.65. The van der Waals surface area contributed by atoms with Gasteiger partial charge in [0.25, 0.3) is 0 Å². The second-order valence-corrected chi connectivity index (χ2v) is 10.7. The number of aliphatic hydroxyl groups excluding tert-OH is 1. The molecular formula is C30H34F2N2O5. The number of benzene rings is 2. The van der Waals surface area contributed by atoms with Crippen molar-refractivity contribution in [3.8, 4) is 11.5 Å². The van der Waals surface area contributed by atoms with Crippen molar-refractivity contribution < 1.29 is 33.3 Å². The van der Waals surface area contributed by atoms with Crippen LogP contribution in [0.2, 0.25) is 0 Å². The van der Waals surface area contributed by atoms with Crippen molar-refractivity contribution in [3.63, 3.8) is 0 Å². The highest BCUT2D eigenvalue weighted by atomic mass is 19.1. The molecule has 3 atom stereocenters. The molecule has 0 amide bonds. The molecule has 2 heterocycles. The number of carboxylic acid groups (broad SMARTS) is 1. The number of ether oxygens (including phenoxy) is 2. The van der Waals surface area contributed by atoms with E-state index in [4.69, 9.17) is 9.47 Å². The fourth-order valence-corrected chi connectivity index (χ4v) is 6.33. The monoisotopic (exact) mass is 540 g/mol. The lowest BCUT2D eigenvalue weighted by molar-refractivity contribution is -0.147. The Kier molecular flexibility index (Phi) is 8.00. The Labute approximate surface area is 226 Å². The number of methoxy groups -OCH3 is 2. The maximum absolute atomic E-state index is 14.5. The molecule has 0 unspecified atom stereocenters. The number of carbonyl (C=O) groups is 1. The predicted molar refractivity (Wildman–Crippen MR) is 142 cm³/mol. The minimum Gasteiger partial charge on any atom is -0.497 e. The average molecular weight is 541 g/mol. The number of carboxylic acids is 1. The van der Waals surface area contributed by atoms with Crippen LogP contribution in [0.4, 0.5) is 8.78 Å². The minimum absolute atomic E-state index is 0.0421. The number of nitrogens with zero attached hydrogens (tertiary/aromatic N) is 2. The van der Waals surface area contributed by atoms with Gasteiger partial charge in [0, 0.05) is 29.7 Å². The van der Waals surface area contributed by atoms with E-state index in [2.05, 4.69) is 9.88 Å². The summed E-state index contributed by atoms with van der Waals surface area (Å²) < 4.78 is 39.1. The van der Waals surface area contributed by atoms with Crippen molar-refractivity contribution in [1.29, 1.82) is 0 Å². The molecule has 1 saturated heterocycles. The molecule has 39 heavy (non-hydrogen) atoms.